The summed E-state index contributed by atoms with van der Waals surface area (Å²) in [5.74, 6) is 0. The number of imidazole rings is 1. The van der Waals surface area contributed by atoms with E-state index in [1.807, 2.05) is 12.1 Å². The van der Waals surface area contributed by atoms with Crippen LogP contribution in [0.3, 0.4) is 0 Å². The maximum Gasteiger partial charge on any atom is 0.177 e. The van der Waals surface area contributed by atoms with E-state index >= 15 is 0 Å². The van der Waals surface area contributed by atoms with E-state index < -0.39 is 0 Å². The maximum absolute atomic E-state index is 5.41. The van der Waals surface area contributed by atoms with Crippen molar-refractivity contribution in [2.45, 2.75) is 6.54 Å². The van der Waals surface area contributed by atoms with Gasteiger partial charge in [0.1, 0.15) is 0 Å². The highest BCUT2D eigenvalue weighted by Crippen LogP contribution is 2.05. The first-order valence-electron chi connectivity index (χ1n) is 3.39. The van der Waals surface area contributed by atoms with Crippen LogP contribution in [0.15, 0.2) is 18.5 Å². The van der Waals surface area contributed by atoms with Crippen molar-refractivity contribution in [1.82, 2.24) is 15.0 Å². The van der Waals surface area contributed by atoms with Crippen molar-refractivity contribution < 1.29 is 0 Å². The molecule has 5 heteroatoms. The summed E-state index contributed by atoms with van der Waals surface area (Å²) in [6, 6.07) is 3.82. The van der Waals surface area contributed by atoms with Crippen LogP contribution in [0.25, 0.3) is 11.2 Å². The molecule has 0 saturated heterocycles. The lowest BCUT2D eigenvalue weighted by Gasteiger charge is -1.92. The largest absolute Gasteiger partial charge is 0.343 e. The highest BCUT2D eigenvalue weighted by molar-refractivity contribution is 5.85. The monoisotopic (exact) mass is 184 g/mol. The molecule has 0 amide bonds. The van der Waals surface area contributed by atoms with E-state index in [0.717, 1.165) is 16.9 Å². The number of hydrogen-bond acceptors (Lipinski definition) is 3. The van der Waals surface area contributed by atoms with E-state index in [2.05, 4.69) is 15.0 Å². The fourth-order valence-corrected chi connectivity index (χ4v) is 0.975. The number of rotatable bonds is 1. The molecule has 0 aliphatic heterocycles. The Labute approximate surface area is 75.6 Å². The Morgan fingerprint density at radius 1 is 1.42 bits per heavy atom. The summed E-state index contributed by atoms with van der Waals surface area (Å²) in [6.45, 7) is 0.461. The average molecular weight is 185 g/mol. The average Bonchev–Trinajstić information content (AvgIpc) is 2.50. The van der Waals surface area contributed by atoms with Gasteiger partial charge >= 0.3 is 0 Å². The Morgan fingerprint density at radius 2 is 2.25 bits per heavy atom. The standard InChI is InChI=1S/C7H8N4.ClH/c8-3-5-1-2-6-7(11-5)10-4-9-6;/h1-2,4H,3,8H2,(H,9,10,11);1H. The first-order valence-corrected chi connectivity index (χ1v) is 3.39. The highest BCUT2D eigenvalue weighted by atomic mass is 35.5. The molecule has 0 aliphatic rings. The predicted octanol–water partition coefficient (Wildman–Crippen LogP) is 0.838. The Morgan fingerprint density at radius 3 is 3.00 bits per heavy atom. The van der Waals surface area contributed by atoms with Gasteiger partial charge in [0.15, 0.2) is 5.65 Å². The minimum atomic E-state index is 0. The van der Waals surface area contributed by atoms with Crippen LogP contribution in [0.5, 0.6) is 0 Å². The molecule has 0 spiro atoms. The van der Waals surface area contributed by atoms with Crippen molar-refractivity contribution >= 4 is 23.6 Å². The minimum absolute atomic E-state index is 0. The van der Waals surface area contributed by atoms with Crippen molar-refractivity contribution in [3.8, 4) is 0 Å². The van der Waals surface area contributed by atoms with Gasteiger partial charge in [0.2, 0.25) is 0 Å². The number of hydrogen-bond donors (Lipinski definition) is 2. The molecule has 0 aliphatic carbocycles. The smallest absolute Gasteiger partial charge is 0.177 e. The molecule has 0 saturated carbocycles. The molecule has 2 heterocycles. The number of halogens is 1. The fraction of sp³-hybridized carbons (Fsp3) is 0.143. The van der Waals surface area contributed by atoms with Crippen LogP contribution in [-0.4, -0.2) is 15.0 Å². The van der Waals surface area contributed by atoms with Gasteiger partial charge in [-0.3, -0.25) is 0 Å². The molecule has 4 nitrogen and oxygen atoms in total. The zero-order valence-corrected chi connectivity index (χ0v) is 7.14. The number of fused-ring (bicyclic) bond motifs is 1. The van der Waals surface area contributed by atoms with E-state index in [9.17, 15) is 0 Å². The van der Waals surface area contributed by atoms with Crippen molar-refractivity contribution in [3.05, 3.63) is 24.2 Å². The van der Waals surface area contributed by atoms with E-state index in [0.29, 0.717) is 6.54 Å². The summed E-state index contributed by atoms with van der Waals surface area (Å²) in [5.41, 5.74) is 7.95. The lowest BCUT2D eigenvalue weighted by molar-refractivity contribution is 1.00. The second-order valence-electron chi connectivity index (χ2n) is 2.28. The lowest BCUT2D eigenvalue weighted by atomic mass is 10.3. The van der Waals surface area contributed by atoms with Crippen molar-refractivity contribution in [2.24, 2.45) is 5.73 Å². The van der Waals surface area contributed by atoms with E-state index in [1.54, 1.807) is 6.33 Å². The van der Waals surface area contributed by atoms with Crippen LogP contribution in [0.4, 0.5) is 0 Å². The molecule has 0 unspecified atom stereocenters. The molecule has 0 aromatic carbocycles. The van der Waals surface area contributed by atoms with Gasteiger partial charge in [0.25, 0.3) is 0 Å². The normalized spacial score (nSPS) is 9.75. The fourth-order valence-electron chi connectivity index (χ4n) is 0.975. The second-order valence-corrected chi connectivity index (χ2v) is 2.28. The first-order chi connectivity index (χ1) is 5.40. The second kappa shape index (κ2) is 3.51. The van der Waals surface area contributed by atoms with Crippen LogP contribution in [0.2, 0.25) is 0 Å². The van der Waals surface area contributed by atoms with Gasteiger partial charge in [-0.05, 0) is 12.1 Å². The van der Waals surface area contributed by atoms with Crippen LogP contribution in [0, 0.1) is 0 Å². The SMILES string of the molecule is Cl.NCc1ccc2[nH]cnc2n1. The molecule has 0 radical (unpaired) electrons. The summed E-state index contributed by atoms with van der Waals surface area (Å²) in [5, 5.41) is 0. The third kappa shape index (κ3) is 1.39. The molecule has 64 valence electrons. The van der Waals surface area contributed by atoms with E-state index in [4.69, 9.17) is 5.73 Å². The van der Waals surface area contributed by atoms with Gasteiger partial charge < -0.3 is 10.7 Å². The van der Waals surface area contributed by atoms with E-state index in [1.165, 1.54) is 0 Å². The molecule has 0 atom stereocenters. The van der Waals surface area contributed by atoms with Gasteiger partial charge in [0, 0.05) is 6.54 Å². The van der Waals surface area contributed by atoms with Gasteiger partial charge in [0.05, 0.1) is 17.5 Å². The van der Waals surface area contributed by atoms with Gasteiger partial charge in [-0.1, -0.05) is 0 Å². The van der Waals surface area contributed by atoms with Crippen molar-refractivity contribution in [1.29, 1.82) is 0 Å². The van der Waals surface area contributed by atoms with Gasteiger partial charge in [-0.15, -0.1) is 12.4 Å². The maximum atomic E-state index is 5.41. The Hall–Kier alpha value is -1.13. The Bertz CT molecular complexity index is 370. The molecule has 0 bridgehead atoms. The third-order valence-electron chi connectivity index (χ3n) is 1.55. The Kier molecular flexibility index (Phi) is 2.62. The van der Waals surface area contributed by atoms with Crippen LogP contribution in [0.1, 0.15) is 5.69 Å². The summed E-state index contributed by atoms with van der Waals surface area (Å²) in [7, 11) is 0. The van der Waals surface area contributed by atoms with Crippen LogP contribution in [-0.2, 0) is 6.54 Å². The molecule has 12 heavy (non-hydrogen) atoms. The molecular weight excluding hydrogens is 176 g/mol. The number of H-pyrrole nitrogens is 1. The third-order valence-corrected chi connectivity index (χ3v) is 1.55. The number of aromatic amines is 1. The number of pyridine rings is 1. The summed E-state index contributed by atoms with van der Waals surface area (Å²) < 4.78 is 0. The molecular formula is C7H9ClN4. The quantitative estimate of drug-likeness (QED) is 0.690. The molecule has 3 N–H and O–H groups in total. The zero-order chi connectivity index (χ0) is 7.68. The molecule has 2 rings (SSSR count). The lowest BCUT2D eigenvalue weighted by Crippen LogP contribution is -1.98. The summed E-state index contributed by atoms with van der Waals surface area (Å²) >= 11 is 0. The molecule has 0 fully saturated rings. The highest BCUT2D eigenvalue weighted by Gasteiger charge is 1.96. The molecule has 2 aromatic rings. The van der Waals surface area contributed by atoms with Gasteiger partial charge in [-0.2, -0.15) is 0 Å². The van der Waals surface area contributed by atoms with E-state index in [-0.39, 0.29) is 12.4 Å². The number of nitrogens with one attached hydrogen (secondary N) is 1. The predicted molar refractivity (Wildman–Crippen MR) is 49.0 cm³/mol. The Balaban J connectivity index is 0.000000720. The summed E-state index contributed by atoms with van der Waals surface area (Å²) in [4.78, 5) is 11.1. The van der Waals surface area contributed by atoms with Gasteiger partial charge in [-0.25, -0.2) is 9.97 Å². The summed E-state index contributed by atoms with van der Waals surface area (Å²) in [6.07, 6.45) is 1.62. The number of nitrogens with zero attached hydrogens (tertiary/aromatic N) is 2. The van der Waals surface area contributed by atoms with Crippen molar-refractivity contribution in [3.63, 3.8) is 0 Å². The van der Waals surface area contributed by atoms with Crippen molar-refractivity contribution in [2.75, 3.05) is 0 Å². The van der Waals surface area contributed by atoms with Crippen LogP contribution < -0.4 is 5.73 Å². The molecule has 2 aromatic heterocycles. The zero-order valence-electron chi connectivity index (χ0n) is 6.32. The first kappa shape index (κ1) is 8.96. The number of nitrogens with two attached hydrogens (primary N) is 1. The topological polar surface area (TPSA) is 67.6 Å². The minimum Gasteiger partial charge on any atom is -0.343 e. The number of aromatic nitrogens is 3. The van der Waals surface area contributed by atoms with Crippen LogP contribution >= 0.6 is 12.4 Å².